The maximum Gasteiger partial charge on any atom is 0.192 e. The number of carbonyl (C=O) groups is 1. The van der Waals surface area contributed by atoms with E-state index >= 15 is 4.79 Å². The number of hydrogen-bond donors (Lipinski definition) is 0. The van der Waals surface area contributed by atoms with Crippen molar-refractivity contribution in [3.63, 3.8) is 0 Å². The average Bonchev–Trinajstić information content (AvgIpc) is 3.06. The highest BCUT2D eigenvalue weighted by Crippen LogP contribution is 2.43. The molecule has 0 amide bonds. The van der Waals surface area contributed by atoms with Gasteiger partial charge in [-0.05, 0) is 126 Å². The van der Waals surface area contributed by atoms with E-state index in [1.165, 1.54) is 0 Å². The van der Waals surface area contributed by atoms with Crippen LogP contribution in [0.5, 0.6) is 0 Å². The standard InChI is InChI=1S/C69H84Br2O10Si/c1-48-36-60(76-44-52-29-34-57(71)35-30-52)65(47-74-42-51-27-32-56(70)33-28-51)79-62-40-67(77-45-53-26-31-54-22-14-15-23-55(54)38-53)69(5,80-63(62)37-48)66(72)39-61-59(81-82(6,7)68(2,3)4)25-17-16-24-58(75-43-50-20-12-9-13-21-50)64(78-61)46-73-41-49-18-10-8-11-19-49/h8-23,26-35,38,48,58-65,67H,24-25,36-37,39-47H2,1-7H3/b17-16-/t48-,58-,59+,60+,61-,62+,63-,64+,65-,67+,69+/m1/s1. The zero-order valence-electron chi connectivity index (χ0n) is 48.9. The van der Waals surface area contributed by atoms with Crippen molar-refractivity contribution in [2.45, 2.75) is 185 Å². The van der Waals surface area contributed by atoms with E-state index in [1.807, 2.05) is 73.7 Å². The van der Waals surface area contributed by atoms with Crippen LogP contribution in [-0.4, -0.2) is 87.9 Å². The molecule has 6 aromatic rings. The van der Waals surface area contributed by atoms with Gasteiger partial charge in [0.15, 0.2) is 14.1 Å². The molecule has 82 heavy (non-hydrogen) atoms. The highest BCUT2D eigenvalue weighted by atomic mass is 79.9. The summed E-state index contributed by atoms with van der Waals surface area (Å²) >= 11 is 7.16. The molecule has 438 valence electrons. The first-order valence-corrected chi connectivity index (χ1v) is 33.9. The third-order valence-corrected chi connectivity index (χ3v) is 22.5. The molecule has 13 heteroatoms. The molecule has 3 aliphatic heterocycles. The molecule has 0 unspecified atom stereocenters. The number of ketones is 1. The summed E-state index contributed by atoms with van der Waals surface area (Å²) in [4.78, 5) is 16.1. The van der Waals surface area contributed by atoms with Gasteiger partial charge in [-0.2, -0.15) is 0 Å². The van der Waals surface area contributed by atoms with Crippen molar-refractivity contribution in [2.24, 2.45) is 5.92 Å². The zero-order chi connectivity index (χ0) is 57.7. The predicted octanol–water partition coefficient (Wildman–Crippen LogP) is 16.0. The average molecular weight is 1260 g/mol. The van der Waals surface area contributed by atoms with Crippen LogP contribution in [0.1, 0.15) is 101 Å². The Kier molecular flexibility index (Phi) is 22.3. The van der Waals surface area contributed by atoms with Crippen LogP contribution in [0.15, 0.2) is 173 Å². The van der Waals surface area contributed by atoms with Gasteiger partial charge in [0.1, 0.15) is 17.8 Å². The number of benzene rings is 6. The molecule has 0 radical (unpaired) electrons. The highest BCUT2D eigenvalue weighted by molar-refractivity contribution is 9.10. The quantitative estimate of drug-likeness (QED) is 0.0483. The monoisotopic (exact) mass is 1260 g/mol. The second-order valence-corrected chi connectivity index (χ2v) is 31.0. The van der Waals surface area contributed by atoms with Gasteiger partial charge in [0.05, 0.1) is 89.0 Å². The Morgan fingerprint density at radius 2 is 1.07 bits per heavy atom. The topological polar surface area (TPSA) is 100 Å². The fourth-order valence-electron chi connectivity index (χ4n) is 11.1. The van der Waals surface area contributed by atoms with Gasteiger partial charge in [-0.3, -0.25) is 4.79 Å². The summed E-state index contributed by atoms with van der Waals surface area (Å²) in [6, 6.07) is 51.5. The zero-order valence-corrected chi connectivity index (χ0v) is 53.1. The van der Waals surface area contributed by atoms with Crippen LogP contribution in [0.3, 0.4) is 0 Å². The highest BCUT2D eigenvalue weighted by Gasteiger charge is 2.54. The van der Waals surface area contributed by atoms with Gasteiger partial charge in [-0.25, -0.2) is 0 Å². The third-order valence-electron chi connectivity index (χ3n) is 17.0. The van der Waals surface area contributed by atoms with E-state index in [2.05, 4.69) is 170 Å². The van der Waals surface area contributed by atoms with Crippen molar-refractivity contribution in [2.75, 3.05) is 13.2 Å². The minimum absolute atomic E-state index is 0.00630. The first-order chi connectivity index (χ1) is 39.5. The van der Waals surface area contributed by atoms with E-state index in [0.29, 0.717) is 65.1 Å². The molecule has 0 spiro atoms. The van der Waals surface area contributed by atoms with Crippen molar-refractivity contribution in [3.8, 4) is 0 Å². The molecular weight excluding hydrogens is 1180 g/mol. The van der Waals surface area contributed by atoms with Crippen LogP contribution in [0, 0.1) is 5.92 Å². The lowest BCUT2D eigenvalue weighted by atomic mass is 9.79. The van der Waals surface area contributed by atoms with Gasteiger partial charge in [0.2, 0.25) is 0 Å². The predicted molar refractivity (Wildman–Crippen MR) is 334 cm³/mol. The molecule has 6 aromatic carbocycles. The molecule has 3 heterocycles. The first kappa shape index (κ1) is 62.3. The molecule has 0 aliphatic carbocycles. The molecule has 0 aromatic heterocycles. The summed E-state index contributed by atoms with van der Waals surface area (Å²) < 4.78 is 65.5. The summed E-state index contributed by atoms with van der Waals surface area (Å²) in [5, 5.41) is 2.15. The molecular formula is C69H84Br2O10Si. The lowest BCUT2D eigenvalue weighted by molar-refractivity contribution is -0.264. The van der Waals surface area contributed by atoms with E-state index in [0.717, 1.165) is 47.5 Å². The number of rotatable bonds is 22. The number of Topliss-reactive ketones (excluding diaryl/α,β-unsaturated/α-hetero) is 1. The summed E-state index contributed by atoms with van der Waals surface area (Å²) in [6.45, 7) is 17.9. The van der Waals surface area contributed by atoms with Gasteiger partial charge >= 0.3 is 0 Å². The number of carbonyl (C=O) groups excluding carboxylic acids is 1. The van der Waals surface area contributed by atoms with Crippen molar-refractivity contribution in [3.05, 3.63) is 201 Å². The van der Waals surface area contributed by atoms with Gasteiger partial charge < -0.3 is 42.3 Å². The Morgan fingerprint density at radius 3 is 1.70 bits per heavy atom. The lowest BCUT2D eigenvalue weighted by Crippen LogP contribution is -2.62. The molecule has 0 saturated carbocycles. The van der Waals surface area contributed by atoms with Crippen molar-refractivity contribution in [1.82, 2.24) is 0 Å². The summed E-state index contributed by atoms with van der Waals surface area (Å²) in [5.41, 5.74) is 3.84. The fraction of sp³-hybridized carbons (Fsp3) is 0.464. The maximum absolute atomic E-state index is 16.1. The first-order valence-electron chi connectivity index (χ1n) is 29.4. The van der Waals surface area contributed by atoms with Gasteiger partial charge in [-0.1, -0.05) is 193 Å². The molecule has 9 rings (SSSR count). The Labute approximate surface area is 505 Å². The molecule has 0 N–H and O–H groups in total. The molecule has 0 bridgehead atoms. The van der Waals surface area contributed by atoms with Gasteiger partial charge in [0.25, 0.3) is 0 Å². The van der Waals surface area contributed by atoms with Crippen molar-refractivity contribution < 1.29 is 47.1 Å². The Balaban J connectivity index is 1.04. The smallest absolute Gasteiger partial charge is 0.192 e. The largest absolute Gasteiger partial charge is 0.411 e. The lowest BCUT2D eigenvalue weighted by Gasteiger charge is -2.50. The van der Waals surface area contributed by atoms with Crippen LogP contribution < -0.4 is 0 Å². The van der Waals surface area contributed by atoms with E-state index < -0.39 is 56.6 Å². The summed E-state index contributed by atoms with van der Waals surface area (Å²) in [6.07, 6.45) is 2.87. The van der Waals surface area contributed by atoms with E-state index in [4.69, 9.17) is 42.3 Å². The summed E-state index contributed by atoms with van der Waals surface area (Å²) in [5.74, 6) is 0.0306. The number of halogens is 2. The molecule has 11 atom stereocenters. The van der Waals surface area contributed by atoms with Crippen LogP contribution >= 0.6 is 31.9 Å². The maximum atomic E-state index is 16.1. The van der Waals surface area contributed by atoms with E-state index in [1.54, 1.807) is 0 Å². The number of fused-ring (bicyclic) bond motifs is 2. The molecule has 3 aliphatic rings. The Morgan fingerprint density at radius 1 is 0.561 bits per heavy atom. The number of ether oxygens (including phenoxy) is 8. The summed E-state index contributed by atoms with van der Waals surface area (Å²) in [7, 11) is -2.45. The van der Waals surface area contributed by atoms with Crippen molar-refractivity contribution in [1.29, 1.82) is 0 Å². The Bertz CT molecular complexity index is 2960. The number of hydrogen-bond acceptors (Lipinski definition) is 10. The molecule has 2 fully saturated rings. The third kappa shape index (κ3) is 17.3. The fourth-order valence-corrected chi connectivity index (χ4v) is 13.0. The molecule has 2 saturated heterocycles. The van der Waals surface area contributed by atoms with Crippen LogP contribution in [0.2, 0.25) is 18.1 Å². The minimum atomic E-state index is -2.45. The minimum Gasteiger partial charge on any atom is -0.411 e. The van der Waals surface area contributed by atoms with Crippen LogP contribution in [-0.2, 0) is 80.1 Å². The molecule has 10 nitrogen and oxygen atoms in total. The Hall–Kier alpha value is -4.19. The van der Waals surface area contributed by atoms with Crippen molar-refractivity contribution >= 4 is 56.7 Å². The van der Waals surface area contributed by atoms with Gasteiger partial charge in [0, 0.05) is 21.8 Å². The van der Waals surface area contributed by atoms with E-state index in [9.17, 15) is 0 Å². The second-order valence-electron chi connectivity index (χ2n) is 24.4. The second kappa shape index (κ2) is 29.3. The SMILES string of the molecule is C[C@@H]1C[C@H](OCc2ccc(Br)cc2)[C@@H](COCc2ccc(Br)cc2)O[C@H]2C[C@H](OCc3ccc4ccccc4c3)[C@](C)(C(=O)C[C@H]3O[C@@H](COCc4ccccc4)[C@H](OCc4ccccc4)C/C=C\C[C@@H]3O[Si](C)(C)C(C)(C)C)O[C@@H]2C1. The normalized spacial score (nSPS) is 26.8. The van der Waals surface area contributed by atoms with Gasteiger partial charge in [-0.15, -0.1) is 0 Å². The van der Waals surface area contributed by atoms with Crippen LogP contribution in [0.25, 0.3) is 10.8 Å². The van der Waals surface area contributed by atoms with E-state index in [-0.39, 0.29) is 48.6 Å². The van der Waals surface area contributed by atoms with Crippen LogP contribution in [0.4, 0.5) is 0 Å².